The second-order valence-corrected chi connectivity index (χ2v) is 6.73. The summed E-state index contributed by atoms with van der Waals surface area (Å²) in [6.07, 6.45) is 6.20. The number of likely N-dealkylation sites (tertiary alicyclic amines) is 1. The van der Waals surface area contributed by atoms with Crippen LogP contribution in [-0.4, -0.2) is 48.2 Å². The van der Waals surface area contributed by atoms with E-state index in [-0.39, 0.29) is 5.91 Å². The van der Waals surface area contributed by atoms with Crippen molar-refractivity contribution in [3.63, 3.8) is 0 Å². The number of nitrogens with zero attached hydrogens (tertiary/aromatic N) is 1. The smallest absolute Gasteiger partial charge is 0.311 e. The average Bonchev–Trinajstić information content (AvgIpc) is 2.48. The average molecular weight is 297 g/mol. The van der Waals surface area contributed by atoms with Crippen LogP contribution >= 0.6 is 0 Å². The van der Waals surface area contributed by atoms with Crippen LogP contribution in [0.15, 0.2) is 0 Å². The Bertz CT molecular complexity index is 378. The molecule has 1 N–H and O–H groups in total. The summed E-state index contributed by atoms with van der Waals surface area (Å²) in [5.41, 5.74) is -0.769. The Morgan fingerprint density at radius 1 is 1.33 bits per heavy atom. The predicted octanol–water partition coefficient (Wildman–Crippen LogP) is 2.30. The molecule has 2 saturated heterocycles. The number of amides is 1. The zero-order chi connectivity index (χ0) is 15.3. The van der Waals surface area contributed by atoms with Crippen LogP contribution in [0.3, 0.4) is 0 Å². The Kier molecular flexibility index (Phi) is 5.62. The summed E-state index contributed by atoms with van der Waals surface area (Å²) >= 11 is 0. The summed E-state index contributed by atoms with van der Waals surface area (Å²) < 4.78 is 5.34. The largest absolute Gasteiger partial charge is 0.481 e. The van der Waals surface area contributed by atoms with Crippen molar-refractivity contribution in [1.29, 1.82) is 0 Å². The Balaban J connectivity index is 1.73. The fraction of sp³-hybridized carbons (Fsp3) is 0.875. The first-order valence-corrected chi connectivity index (χ1v) is 8.10. The number of carbonyl (C=O) groups excluding carboxylic acids is 1. The van der Waals surface area contributed by atoms with E-state index < -0.39 is 11.4 Å². The number of aliphatic carboxylic acids is 1. The number of carboxylic acids is 1. The molecule has 0 bridgehead atoms. The minimum Gasteiger partial charge on any atom is -0.481 e. The fourth-order valence-electron chi connectivity index (χ4n) is 3.36. The van der Waals surface area contributed by atoms with Gasteiger partial charge in [-0.25, -0.2) is 0 Å². The van der Waals surface area contributed by atoms with Gasteiger partial charge in [0.15, 0.2) is 0 Å². The van der Waals surface area contributed by atoms with Gasteiger partial charge in [0.1, 0.15) is 0 Å². The van der Waals surface area contributed by atoms with Crippen LogP contribution in [0.1, 0.15) is 51.9 Å². The molecule has 1 atom stereocenters. The molecule has 2 fully saturated rings. The van der Waals surface area contributed by atoms with Crippen LogP contribution in [0.25, 0.3) is 0 Å². The molecule has 21 heavy (non-hydrogen) atoms. The molecule has 0 aromatic heterocycles. The van der Waals surface area contributed by atoms with Crippen molar-refractivity contribution in [2.45, 2.75) is 51.9 Å². The number of hydrogen-bond acceptors (Lipinski definition) is 3. The van der Waals surface area contributed by atoms with Crippen molar-refractivity contribution in [2.75, 3.05) is 26.3 Å². The normalized spacial score (nSPS) is 27.6. The van der Waals surface area contributed by atoms with Crippen molar-refractivity contribution >= 4 is 11.9 Å². The molecule has 2 heterocycles. The summed E-state index contributed by atoms with van der Waals surface area (Å²) in [6, 6.07) is 0. The molecule has 0 saturated carbocycles. The molecule has 2 aliphatic heterocycles. The molecule has 0 radical (unpaired) electrons. The molecule has 5 nitrogen and oxygen atoms in total. The van der Waals surface area contributed by atoms with Gasteiger partial charge < -0.3 is 14.7 Å². The molecular formula is C16H27NO4. The lowest BCUT2D eigenvalue weighted by Gasteiger charge is -2.37. The summed E-state index contributed by atoms with van der Waals surface area (Å²) in [6.45, 7) is 4.51. The van der Waals surface area contributed by atoms with Crippen molar-refractivity contribution in [1.82, 2.24) is 4.90 Å². The number of rotatable bonds is 5. The summed E-state index contributed by atoms with van der Waals surface area (Å²) in [5, 5.41) is 9.29. The highest BCUT2D eigenvalue weighted by molar-refractivity contribution is 5.79. The predicted molar refractivity (Wildman–Crippen MR) is 79.0 cm³/mol. The number of piperidine rings is 1. The third kappa shape index (κ3) is 4.43. The second kappa shape index (κ2) is 7.25. The zero-order valence-corrected chi connectivity index (χ0v) is 13.0. The standard InChI is InChI=1S/C16H27NO4/c1-16(15(19)20)8-3-9-17(12-16)14(18)5-2-4-13-6-10-21-11-7-13/h13H,2-12H2,1H3,(H,19,20). The maximum absolute atomic E-state index is 12.3. The van der Waals surface area contributed by atoms with Crippen LogP contribution in [-0.2, 0) is 14.3 Å². The van der Waals surface area contributed by atoms with Gasteiger partial charge in [0.05, 0.1) is 5.41 Å². The Morgan fingerprint density at radius 2 is 2.05 bits per heavy atom. The molecule has 120 valence electrons. The summed E-state index contributed by atoms with van der Waals surface area (Å²) in [7, 11) is 0. The highest BCUT2D eigenvalue weighted by atomic mass is 16.5. The van der Waals surface area contributed by atoms with Crippen LogP contribution in [0, 0.1) is 11.3 Å². The third-order valence-electron chi connectivity index (χ3n) is 4.91. The first kappa shape index (κ1) is 16.3. The molecule has 1 amide bonds. The first-order valence-electron chi connectivity index (χ1n) is 8.10. The van der Waals surface area contributed by atoms with E-state index in [0.717, 1.165) is 45.3 Å². The molecule has 0 spiro atoms. The van der Waals surface area contributed by atoms with Gasteiger partial charge in [-0.05, 0) is 51.4 Å². The Labute approximate surface area is 126 Å². The molecule has 2 aliphatic rings. The summed E-state index contributed by atoms with van der Waals surface area (Å²) in [4.78, 5) is 25.3. The SMILES string of the molecule is CC1(C(=O)O)CCCN(C(=O)CCCC2CCOCC2)C1. The van der Waals surface area contributed by atoms with Gasteiger partial charge in [-0.3, -0.25) is 9.59 Å². The van der Waals surface area contributed by atoms with Gasteiger partial charge in [0.25, 0.3) is 0 Å². The second-order valence-electron chi connectivity index (χ2n) is 6.73. The van der Waals surface area contributed by atoms with E-state index in [1.807, 2.05) is 0 Å². The van der Waals surface area contributed by atoms with E-state index in [1.54, 1.807) is 11.8 Å². The lowest BCUT2D eigenvalue weighted by Crippen LogP contribution is -2.48. The van der Waals surface area contributed by atoms with Gasteiger partial charge in [-0.1, -0.05) is 0 Å². The maximum atomic E-state index is 12.3. The zero-order valence-electron chi connectivity index (χ0n) is 13.0. The fourth-order valence-corrected chi connectivity index (χ4v) is 3.36. The van der Waals surface area contributed by atoms with E-state index in [9.17, 15) is 14.7 Å². The number of carbonyl (C=O) groups is 2. The van der Waals surface area contributed by atoms with Crippen molar-refractivity contribution in [2.24, 2.45) is 11.3 Å². The highest BCUT2D eigenvalue weighted by Crippen LogP contribution is 2.30. The van der Waals surface area contributed by atoms with Gasteiger partial charge in [0, 0.05) is 32.7 Å². The van der Waals surface area contributed by atoms with Crippen LogP contribution in [0.4, 0.5) is 0 Å². The van der Waals surface area contributed by atoms with Crippen LogP contribution in [0.2, 0.25) is 0 Å². The van der Waals surface area contributed by atoms with E-state index in [0.29, 0.717) is 31.8 Å². The molecule has 0 aromatic carbocycles. The molecule has 1 unspecified atom stereocenters. The number of carboxylic acid groups (broad SMARTS) is 1. The van der Waals surface area contributed by atoms with Crippen molar-refractivity contribution in [3.05, 3.63) is 0 Å². The topological polar surface area (TPSA) is 66.8 Å². The van der Waals surface area contributed by atoms with E-state index in [1.165, 1.54) is 0 Å². The molecule has 5 heteroatoms. The van der Waals surface area contributed by atoms with Crippen molar-refractivity contribution in [3.8, 4) is 0 Å². The lowest BCUT2D eigenvalue weighted by molar-refractivity contribution is -0.153. The lowest BCUT2D eigenvalue weighted by atomic mass is 9.82. The van der Waals surface area contributed by atoms with Crippen LogP contribution < -0.4 is 0 Å². The summed E-state index contributed by atoms with van der Waals surface area (Å²) in [5.74, 6) is 0.0219. The number of ether oxygens (including phenoxy) is 1. The van der Waals surface area contributed by atoms with E-state index in [4.69, 9.17) is 4.74 Å². The van der Waals surface area contributed by atoms with Gasteiger partial charge in [-0.15, -0.1) is 0 Å². The first-order chi connectivity index (χ1) is 10.0. The monoisotopic (exact) mass is 297 g/mol. The minimum absolute atomic E-state index is 0.120. The third-order valence-corrected chi connectivity index (χ3v) is 4.91. The van der Waals surface area contributed by atoms with Gasteiger partial charge in [0.2, 0.25) is 5.91 Å². The molecule has 0 aliphatic carbocycles. The molecule has 0 aromatic rings. The highest BCUT2D eigenvalue weighted by Gasteiger charge is 2.39. The van der Waals surface area contributed by atoms with E-state index in [2.05, 4.69) is 0 Å². The molecular weight excluding hydrogens is 270 g/mol. The molecule has 2 rings (SSSR count). The van der Waals surface area contributed by atoms with Crippen LogP contribution in [0.5, 0.6) is 0 Å². The minimum atomic E-state index is -0.790. The van der Waals surface area contributed by atoms with Gasteiger partial charge in [-0.2, -0.15) is 0 Å². The number of hydrogen-bond donors (Lipinski definition) is 1. The maximum Gasteiger partial charge on any atom is 0.311 e. The van der Waals surface area contributed by atoms with E-state index >= 15 is 0 Å². The van der Waals surface area contributed by atoms with Crippen molar-refractivity contribution < 1.29 is 19.4 Å². The Hall–Kier alpha value is -1.10. The quantitative estimate of drug-likeness (QED) is 0.845. The van der Waals surface area contributed by atoms with Gasteiger partial charge >= 0.3 is 5.97 Å². The Morgan fingerprint density at radius 3 is 2.71 bits per heavy atom.